The molecule has 1 aliphatic heterocycles. The highest BCUT2D eigenvalue weighted by molar-refractivity contribution is 6.02. The van der Waals surface area contributed by atoms with Crippen LogP contribution in [0, 0.1) is 6.92 Å². The number of nitrogens with one attached hydrogen (secondary N) is 1. The fourth-order valence-corrected chi connectivity index (χ4v) is 7.59. The van der Waals surface area contributed by atoms with Crippen LogP contribution in [0.2, 0.25) is 0 Å². The first kappa shape index (κ1) is 37.0. The average Bonchev–Trinajstić information content (AvgIpc) is 3.57. The van der Waals surface area contributed by atoms with E-state index in [4.69, 9.17) is 14.6 Å². The monoisotopic (exact) mass is 735 g/mol. The number of esters is 1. The van der Waals surface area contributed by atoms with Crippen LogP contribution in [0.4, 0.5) is 4.79 Å². The van der Waals surface area contributed by atoms with E-state index in [1.165, 1.54) is 12.0 Å². The molecule has 2 amide bonds. The Morgan fingerprint density at radius 1 is 0.782 bits per heavy atom. The van der Waals surface area contributed by atoms with E-state index in [0.717, 1.165) is 38.9 Å². The predicted octanol–water partition coefficient (Wildman–Crippen LogP) is 7.92. The molecule has 0 aliphatic carbocycles. The van der Waals surface area contributed by atoms with Gasteiger partial charge in [-0.05, 0) is 87.6 Å². The van der Waals surface area contributed by atoms with Gasteiger partial charge in [-0.25, -0.2) is 14.3 Å². The van der Waals surface area contributed by atoms with Crippen molar-refractivity contribution in [2.45, 2.75) is 63.8 Å². The van der Waals surface area contributed by atoms with Crippen LogP contribution in [-0.4, -0.2) is 69.0 Å². The van der Waals surface area contributed by atoms with Crippen molar-refractivity contribution < 1.29 is 23.9 Å². The summed E-state index contributed by atoms with van der Waals surface area (Å²) in [6.45, 7) is 7.34. The van der Waals surface area contributed by atoms with Crippen LogP contribution in [-0.2, 0) is 19.8 Å². The van der Waals surface area contributed by atoms with Crippen molar-refractivity contribution >= 4 is 28.9 Å². The van der Waals surface area contributed by atoms with Gasteiger partial charge in [0.25, 0.3) is 5.91 Å². The number of aromatic nitrogens is 3. The van der Waals surface area contributed by atoms with Crippen LogP contribution in [0.25, 0.3) is 22.2 Å². The maximum absolute atomic E-state index is 14.1. The molecule has 0 bridgehead atoms. The molecule has 2 aromatic heterocycles. The molecule has 0 unspecified atom stereocenters. The van der Waals surface area contributed by atoms with Gasteiger partial charge in [0.15, 0.2) is 0 Å². The minimum Gasteiger partial charge on any atom is -0.467 e. The number of amides is 2. The number of hydrogen-bond acceptors (Lipinski definition) is 7. The normalized spacial score (nSPS) is 16.1. The first-order valence-corrected chi connectivity index (χ1v) is 18.5. The van der Waals surface area contributed by atoms with Crippen molar-refractivity contribution in [2.24, 2.45) is 0 Å². The van der Waals surface area contributed by atoms with Gasteiger partial charge < -0.3 is 14.8 Å². The molecule has 0 radical (unpaired) electrons. The summed E-state index contributed by atoms with van der Waals surface area (Å²) >= 11 is 0. The van der Waals surface area contributed by atoms with Crippen LogP contribution in [0.1, 0.15) is 66.4 Å². The van der Waals surface area contributed by atoms with E-state index in [1.807, 2.05) is 91.9 Å². The highest BCUT2D eigenvalue weighted by Gasteiger charge is 2.42. The van der Waals surface area contributed by atoms with E-state index in [0.29, 0.717) is 24.1 Å². The Labute approximate surface area is 321 Å². The van der Waals surface area contributed by atoms with Gasteiger partial charge in [0, 0.05) is 41.0 Å². The van der Waals surface area contributed by atoms with Gasteiger partial charge in [0.1, 0.15) is 22.9 Å². The van der Waals surface area contributed by atoms with Crippen LogP contribution < -0.4 is 5.32 Å². The number of nitrogens with zero attached hydrogens (tertiary/aromatic N) is 4. The summed E-state index contributed by atoms with van der Waals surface area (Å²) < 4.78 is 12.7. The number of fused-ring (bicyclic) bond motifs is 1. The molecule has 4 aromatic carbocycles. The lowest BCUT2D eigenvalue weighted by atomic mass is 9.77. The number of carbonyl (C=O) groups excluding carboxylic acids is 3. The summed E-state index contributed by atoms with van der Waals surface area (Å²) in [6.07, 6.45) is 1.92. The lowest BCUT2D eigenvalue weighted by Crippen LogP contribution is -2.57. The molecule has 7 rings (SSSR count). The standard InChI is InChI=1S/C45H45N5O5/c1-30-27-31(25-26-46-30)40-37-28-32(41(51)47-36-22-24-39(42(52)54-5)49(29-36)43(53)55-44(2,3)4)21-23-38(37)50(48-40)45(33-15-9-6-10-16-33,34-17-11-7-12-18-34)35-19-13-8-14-20-35/h6-21,23,25-28,36,39H,22,24,29H2,1-5H3,(H,47,51)/t36-,39+/m1/s1. The van der Waals surface area contributed by atoms with Gasteiger partial charge in [-0.1, -0.05) is 91.0 Å². The molecule has 0 saturated carbocycles. The Kier molecular flexibility index (Phi) is 10.2. The van der Waals surface area contributed by atoms with Crippen molar-refractivity contribution in [2.75, 3.05) is 13.7 Å². The maximum Gasteiger partial charge on any atom is 0.411 e. The molecule has 3 heterocycles. The summed E-state index contributed by atoms with van der Waals surface area (Å²) in [5.74, 6) is -0.827. The number of pyridine rings is 1. The highest BCUT2D eigenvalue weighted by Crippen LogP contribution is 2.44. The lowest BCUT2D eigenvalue weighted by molar-refractivity contribution is -0.148. The van der Waals surface area contributed by atoms with Crippen molar-refractivity contribution in [1.82, 2.24) is 25.0 Å². The number of ether oxygens (including phenoxy) is 2. The number of methoxy groups -OCH3 is 1. The van der Waals surface area contributed by atoms with Crippen molar-refractivity contribution in [3.05, 3.63) is 155 Å². The first-order valence-electron chi connectivity index (χ1n) is 18.5. The van der Waals surface area contributed by atoms with E-state index in [2.05, 4.69) is 51.4 Å². The Bertz CT molecular complexity index is 2220. The Balaban J connectivity index is 1.35. The van der Waals surface area contributed by atoms with Gasteiger partial charge in [0.05, 0.1) is 12.6 Å². The van der Waals surface area contributed by atoms with Gasteiger partial charge in [0.2, 0.25) is 0 Å². The number of hydrogen-bond donors (Lipinski definition) is 1. The highest BCUT2D eigenvalue weighted by atomic mass is 16.6. The molecule has 10 heteroatoms. The number of rotatable bonds is 8. The van der Waals surface area contributed by atoms with Gasteiger partial charge in [-0.2, -0.15) is 5.10 Å². The van der Waals surface area contributed by atoms with E-state index in [9.17, 15) is 14.4 Å². The smallest absolute Gasteiger partial charge is 0.411 e. The Hall–Kier alpha value is -6.29. The summed E-state index contributed by atoms with van der Waals surface area (Å²) in [5, 5.41) is 9.38. The summed E-state index contributed by atoms with van der Waals surface area (Å²) in [5.41, 5.74) is 5.08. The van der Waals surface area contributed by atoms with E-state index >= 15 is 0 Å². The Morgan fingerprint density at radius 2 is 1.38 bits per heavy atom. The van der Waals surface area contributed by atoms with Crippen molar-refractivity contribution in [3.63, 3.8) is 0 Å². The van der Waals surface area contributed by atoms with Crippen molar-refractivity contribution in [1.29, 1.82) is 0 Å². The van der Waals surface area contributed by atoms with E-state index in [1.54, 1.807) is 27.0 Å². The first-order chi connectivity index (χ1) is 26.5. The van der Waals surface area contributed by atoms with Crippen LogP contribution in [0.5, 0.6) is 0 Å². The molecule has 0 spiro atoms. The molecular weight excluding hydrogens is 691 g/mol. The number of aryl methyl sites for hydroxylation is 1. The minimum atomic E-state index is -0.893. The molecule has 2 atom stereocenters. The molecule has 10 nitrogen and oxygen atoms in total. The maximum atomic E-state index is 14.1. The number of carbonyl (C=O) groups is 3. The third kappa shape index (κ3) is 7.32. The van der Waals surface area contributed by atoms with Crippen molar-refractivity contribution in [3.8, 4) is 11.3 Å². The average molecular weight is 736 g/mol. The fourth-order valence-electron chi connectivity index (χ4n) is 7.59. The molecule has 1 fully saturated rings. The quantitative estimate of drug-likeness (QED) is 0.125. The molecule has 1 N–H and O–H groups in total. The minimum absolute atomic E-state index is 0.0931. The molecular formula is C45H45N5O5. The Morgan fingerprint density at radius 3 is 1.93 bits per heavy atom. The molecule has 6 aromatic rings. The summed E-state index contributed by atoms with van der Waals surface area (Å²) in [4.78, 5) is 45.9. The largest absolute Gasteiger partial charge is 0.467 e. The topological polar surface area (TPSA) is 116 Å². The SMILES string of the molecule is COC(=O)[C@@H]1CC[C@@H](NC(=O)c2ccc3c(c2)c(-c2ccnc(C)c2)nn3C(c2ccccc2)(c2ccccc2)c2ccccc2)CN1C(=O)OC(C)(C)C. The fraction of sp³-hybridized carbons (Fsp3) is 0.267. The third-order valence-corrected chi connectivity index (χ3v) is 10.0. The third-order valence-electron chi connectivity index (χ3n) is 10.0. The van der Waals surface area contributed by atoms with Gasteiger partial charge in [-0.3, -0.25) is 14.7 Å². The van der Waals surface area contributed by atoms with E-state index < -0.39 is 35.3 Å². The number of likely N-dealkylation sites (tertiary alicyclic amines) is 1. The number of benzene rings is 4. The zero-order valence-electron chi connectivity index (χ0n) is 31.7. The van der Waals surface area contributed by atoms with E-state index in [-0.39, 0.29) is 12.5 Å². The van der Waals surface area contributed by atoms with Gasteiger partial charge in [-0.15, -0.1) is 0 Å². The second kappa shape index (κ2) is 15.2. The van der Waals surface area contributed by atoms with Crippen LogP contribution in [0.15, 0.2) is 128 Å². The second-order valence-corrected chi connectivity index (χ2v) is 14.9. The predicted molar refractivity (Wildman–Crippen MR) is 212 cm³/mol. The summed E-state index contributed by atoms with van der Waals surface area (Å²) in [6, 6.07) is 39.4. The second-order valence-electron chi connectivity index (χ2n) is 14.9. The van der Waals surface area contributed by atoms with Crippen LogP contribution in [0.3, 0.4) is 0 Å². The molecule has 280 valence electrons. The zero-order valence-corrected chi connectivity index (χ0v) is 31.7. The number of piperidine rings is 1. The lowest BCUT2D eigenvalue weighted by Gasteiger charge is -2.38. The van der Waals surface area contributed by atoms with Crippen LogP contribution >= 0.6 is 0 Å². The zero-order chi connectivity index (χ0) is 38.7. The molecule has 55 heavy (non-hydrogen) atoms. The van der Waals surface area contributed by atoms with Gasteiger partial charge >= 0.3 is 12.1 Å². The summed E-state index contributed by atoms with van der Waals surface area (Å²) in [7, 11) is 1.30. The molecule has 1 aliphatic rings. The molecule has 1 saturated heterocycles.